The molecule has 18 heavy (non-hydrogen) atoms. The molecule has 0 bridgehead atoms. The van der Waals surface area contributed by atoms with Crippen molar-refractivity contribution in [3.63, 3.8) is 0 Å². The van der Waals surface area contributed by atoms with Gasteiger partial charge in [0.15, 0.2) is 0 Å². The number of aromatic hydroxyl groups is 1. The average Bonchev–Trinajstić information content (AvgIpc) is 2.74. The van der Waals surface area contributed by atoms with Gasteiger partial charge in [-0.05, 0) is 6.07 Å². The molecule has 1 heterocycles. The van der Waals surface area contributed by atoms with Crippen LogP contribution in [0, 0.1) is 0 Å². The van der Waals surface area contributed by atoms with E-state index in [0.717, 1.165) is 0 Å². The topological polar surface area (TPSA) is 121 Å². The van der Waals surface area contributed by atoms with Crippen LogP contribution in [0.5, 0.6) is 11.5 Å². The average molecular weight is 249 g/mol. The molecule has 0 aliphatic heterocycles. The fraction of sp³-hybridized carbons (Fsp3) is 0.0909. The summed E-state index contributed by atoms with van der Waals surface area (Å²) in [5, 5.41) is 24.8. The van der Waals surface area contributed by atoms with Crippen LogP contribution in [0.25, 0.3) is 11.1 Å². The first kappa shape index (κ1) is 11.8. The van der Waals surface area contributed by atoms with E-state index in [0.29, 0.717) is 16.9 Å². The summed E-state index contributed by atoms with van der Waals surface area (Å²) in [7, 11) is 1.41. The fourth-order valence-electron chi connectivity index (χ4n) is 1.63. The van der Waals surface area contributed by atoms with Crippen molar-refractivity contribution in [2.24, 2.45) is 0 Å². The van der Waals surface area contributed by atoms with Crippen molar-refractivity contribution >= 4 is 11.8 Å². The Bertz CT molecular complexity index is 606. The van der Waals surface area contributed by atoms with Crippen LogP contribution in [0.3, 0.4) is 0 Å². The third kappa shape index (κ3) is 1.81. The predicted molar refractivity (Wildman–Crippen MR) is 63.6 cm³/mol. The van der Waals surface area contributed by atoms with Gasteiger partial charge in [0.1, 0.15) is 22.9 Å². The highest BCUT2D eigenvalue weighted by atomic mass is 16.5. The van der Waals surface area contributed by atoms with E-state index < -0.39 is 5.97 Å². The number of nitrogen functional groups attached to an aromatic ring is 1. The number of nitrogens with zero attached hydrogens (tertiary/aromatic N) is 1. The van der Waals surface area contributed by atoms with Crippen LogP contribution >= 0.6 is 0 Å². The molecule has 0 aliphatic carbocycles. The summed E-state index contributed by atoms with van der Waals surface area (Å²) < 4.78 is 5.09. The van der Waals surface area contributed by atoms with Gasteiger partial charge in [0.2, 0.25) is 0 Å². The van der Waals surface area contributed by atoms with Crippen LogP contribution in [-0.4, -0.2) is 33.5 Å². The second kappa shape index (κ2) is 4.28. The minimum Gasteiger partial charge on any atom is -0.507 e. The highest BCUT2D eigenvalue weighted by Crippen LogP contribution is 2.37. The van der Waals surface area contributed by atoms with Crippen molar-refractivity contribution in [3.05, 3.63) is 23.9 Å². The normalized spacial score (nSPS) is 10.3. The Hall–Kier alpha value is -2.70. The maximum Gasteiger partial charge on any atom is 0.339 e. The lowest BCUT2D eigenvalue weighted by Gasteiger charge is -2.10. The minimum atomic E-state index is -1.24. The maximum atomic E-state index is 11.0. The Labute approximate surface area is 102 Å². The van der Waals surface area contributed by atoms with Crippen molar-refractivity contribution in [3.8, 4) is 22.6 Å². The summed E-state index contributed by atoms with van der Waals surface area (Å²) in [5.74, 6) is -1.01. The Balaban J connectivity index is 2.69. The highest BCUT2D eigenvalue weighted by molar-refractivity contribution is 5.94. The molecule has 0 aliphatic rings. The van der Waals surface area contributed by atoms with Gasteiger partial charge in [-0.1, -0.05) is 0 Å². The first-order valence-electron chi connectivity index (χ1n) is 4.98. The molecular formula is C11H11N3O4. The molecule has 1 aromatic heterocycles. The first-order valence-corrected chi connectivity index (χ1v) is 4.98. The molecule has 0 spiro atoms. The quantitative estimate of drug-likeness (QED) is 0.645. The molecule has 0 saturated heterocycles. The summed E-state index contributed by atoms with van der Waals surface area (Å²) in [4.78, 5) is 11.0. The molecule has 0 atom stereocenters. The van der Waals surface area contributed by atoms with E-state index >= 15 is 0 Å². The molecule has 1 aromatic carbocycles. The zero-order valence-electron chi connectivity index (χ0n) is 9.47. The molecule has 2 rings (SSSR count). The van der Waals surface area contributed by atoms with E-state index in [1.807, 2.05) is 0 Å². The van der Waals surface area contributed by atoms with Crippen LogP contribution in [0.15, 0.2) is 18.3 Å². The van der Waals surface area contributed by atoms with Crippen LogP contribution in [0.2, 0.25) is 0 Å². The van der Waals surface area contributed by atoms with Crippen molar-refractivity contribution in [1.29, 1.82) is 0 Å². The molecule has 0 saturated carbocycles. The number of hydrogen-bond donors (Lipinski definition) is 4. The SMILES string of the molecule is COc1cc(O)c(C(=O)O)cc1-c1cn[nH]c1N. The third-order valence-corrected chi connectivity index (χ3v) is 2.51. The van der Waals surface area contributed by atoms with Gasteiger partial charge in [-0.15, -0.1) is 0 Å². The lowest BCUT2D eigenvalue weighted by molar-refractivity contribution is 0.0693. The lowest BCUT2D eigenvalue weighted by Crippen LogP contribution is -1.99. The first-order chi connectivity index (χ1) is 8.54. The molecule has 7 nitrogen and oxygen atoms in total. The fourth-order valence-corrected chi connectivity index (χ4v) is 1.63. The van der Waals surface area contributed by atoms with Crippen molar-refractivity contribution in [2.45, 2.75) is 0 Å². The summed E-state index contributed by atoms with van der Waals surface area (Å²) in [6, 6.07) is 2.52. The Morgan fingerprint density at radius 2 is 2.17 bits per heavy atom. The van der Waals surface area contributed by atoms with Gasteiger partial charge >= 0.3 is 5.97 Å². The minimum absolute atomic E-state index is 0.230. The van der Waals surface area contributed by atoms with Gasteiger partial charge in [0, 0.05) is 17.2 Å². The zero-order valence-corrected chi connectivity index (χ0v) is 9.47. The number of carboxylic acid groups (broad SMARTS) is 1. The predicted octanol–water partition coefficient (Wildman–Crippen LogP) is 1.07. The number of nitrogens with two attached hydrogens (primary N) is 1. The number of anilines is 1. The van der Waals surface area contributed by atoms with Crippen LogP contribution in [-0.2, 0) is 0 Å². The highest BCUT2D eigenvalue weighted by Gasteiger charge is 2.18. The molecule has 5 N–H and O–H groups in total. The number of carboxylic acids is 1. The van der Waals surface area contributed by atoms with Crippen LogP contribution in [0.1, 0.15) is 10.4 Å². The number of phenols is 1. The van der Waals surface area contributed by atoms with Gasteiger partial charge < -0.3 is 20.7 Å². The number of aromatic amines is 1. The molecule has 2 aromatic rings. The van der Waals surface area contributed by atoms with Gasteiger partial charge in [-0.3, -0.25) is 5.10 Å². The number of H-pyrrole nitrogens is 1. The number of aromatic nitrogens is 2. The second-order valence-corrected chi connectivity index (χ2v) is 3.57. The summed E-state index contributed by atoms with van der Waals surface area (Å²) >= 11 is 0. The standard InChI is InChI=1S/C11H11N3O4/c1-18-9-3-8(15)6(11(16)17)2-5(9)7-4-13-14-10(7)12/h2-4,15H,1H3,(H,16,17)(H3,12,13,14). The van der Waals surface area contributed by atoms with Crippen molar-refractivity contribution in [1.82, 2.24) is 10.2 Å². The molecule has 0 amide bonds. The number of hydrogen-bond acceptors (Lipinski definition) is 5. The van der Waals surface area contributed by atoms with Crippen LogP contribution in [0.4, 0.5) is 5.82 Å². The van der Waals surface area contributed by atoms with Gasteiger partial charge in [-0.2, -0.15) is 5.10 Å². The summed E-state index contributed by atoms with van der Waals surface area (Å²) in [6.45, 7) is 0. The molecule has 0 fully saturated rings. The lowest BCUT2D eigenvalue weighted by atomic mass is 10.0. The number of rotatable bonds is 3. The monoisotopic (exact) mass is 249 g/mol. The Kier molecular flexibility index (Phi) is 2.80. The van der Waals surface area contributed by atoms with Gasteiger partial charge in [0.25, 0.3) is 0 Å². The summed E-state index contributed by atoms with van der Waals surface area (Å²) in [5.41, 5.74) is 6.40. The number of carbonyl (C=O) groups is 1. The van der Waals surface area contributed by atoms with Crippen molar-refractivity contribution < 1.29 is 19.7 Å². The van der Waals surface area contributed by atoms with E-state index in [4.69, 9.17) is 15.6 Å². The number of ether oxygens (including phenoxy) is 1. The summed E-state index contributed by atoms with van der Waals surface area (Å²) in [6.07, 6.45) is 1.45. The third-order valence-electron chi connectivity index (χ3n) is 2.51. The zero-order chi connectivity index (χ0) is 13.3. The van der Waals surface area contributed by atoms with E-state index in [1.54, 1.807) is 0 Å². The molecular weight excluding hydrogens is 238 g/mol. The van der Waals surface area contributed by atoms with Crippen molar-refractivity contribution in [2.75, 3.05) is 12.8 Å². The maximum absolute atomic E-state index is 11.0. The molecule has 0 unspecified atom stereocenters. The molecule has 0 radical (unpaired) electrons. The van der Waals surface area contributed by atoms with E-state index in [-0.39, 0.29) is 17.1 Å². The Morgan fingerprint density at radius 1 is 1.44 bits per heavy atom. The molecule has 7 heteroatoms. The number of aromatic carboxylic acids is 1. The van der Waals surface area contributed by atoms with E-state index in [9.17, 15) is 9.90 Å². The smallest absolute Gasteiger partial charge is 0.339 e. The van der Waals surface area contributed by atoms with Gasteiger partial charge in [-0.25, -0.2) is 4.79 Å². The van der Waals surface area contributed by atoms with E-state index in [2.05, 4.69) is 10.2 Å². The molecule has 94 valence electrons. The number of nitrogens with one attached hydrogen (secondary N) is 1. The number of benzene rings is 1. The second-order valence-electron chi connectivity index (χ2n) is 3.57. The van der Waals surface area contributed by atoms with Gasteiger partial charge in [0.05, 0.1) is 13.3 Å². The number of methoxy groups -OCH3 is 1. The largest absolute Gasteiger partial charge is 0.507 e. The van der Waals surface area contributed by atoms with E-state index in [1.165, 1.54) is 25.4 Å². The Morgan fingerprint density at radius 3 is 2.67 bits per heavy atom. The van der Waals surface area contributed by atoms with Crippen LogP contribution < -0.4 is 10.5 Å².